The lowest BCUT2D eigenvalue weighted by atomic mass is 10.0. The molecule has 0 saturated carbocycles. The summed E-state index contributed by atoms with van der Waals surface area (Å²) >= 11 is 6.84. The highest BCUT2D eigenvalue weighted by atomic mass is 79.9. The van der Waals surface area contributed by atoms with Crippen LogP contribution in [0.3, 0.4) is 0 Å². The second-order valence-electron chi connectivity index (χ2n) is 6.00. The van der Waals surface area contributed by atoms with E-state index >= 15 is 0 Å². The molecule has 0 aliphatic carbocycles. The number of allylic oxidation sites excluding steroid dienone is 1. The third-order valence-electron chi connectivity index (χ3n) is 4.08. The minimum atomic E-state index is 0.446. The predicted octanol–water partition coefficient (Wildman–Crippen LogP) is 6.86. The van der Waals surface area contributed by atoms with Gasteiger partial charge >= 0.3 is 0 Å². The Bertz CT molecular complexity index is 1020. The van der Waals surface area contributed by atoms with Crippen LogP contribution in [0.4, 0.5) is 0 Å². The van der Waals surface area contributed by atoms with Crippen LogP contribution in [0.25, 0.3) is 11.6 Å². The second-order valence-corrected chi connectivity index (χ2v) is 7.83. The molecule has 0 unspecified atom stereocenters. The summed E-state index contributed by atoms with van der Waals surface area (Å²) in [5.41, 5.74) is 3.38. The van der Waals surface area contributed by atoms with Crippen molar-refractivity contribution in [3.63, 3.8) is 0 Å². The van der Waals surface area contributed by atoms with Crippen LogP contribution in [0.1, 0.15) is 16.7 Å². The molecule has 5 heteroatoms. The fourth-order valence-electron chi connectivity index (χ4n) is 2.61. The maximum atomic E-state index is 9.53. The van der Waals surface area contributed by atoms with E-state index in [1.165, 1.54) is 0 Å². The first-order chi connectivity index (χ1) is 13.6. The van der Waals surface area contributed by atoms with Crippen molar-refractivity contribution in [3.8, 4) is 17.6 Å². The lowest BCUT2D eigenvalue weighted by Crippen LogP contribution is -1.98. The summed E-state index contributed by atoms with van der Waals surface area (Å²) < 4.78 is 13.4. The molecule has 3 aromatic rings. The minimum absolute atomic E-state index is 0.446. The Balaban J connectivity index is 1.80. The standard InChI is InChI=1S/C23H17Br2NO2/c1-27-23-13-17(12-19(14-26)18-5-9-21(25)10-6-18)4-11-22(23)28-15-16-2-7-20(24)8-3-16/h2-13H,15H2,1H3/b19-12-. The number of nitrogens with zero attached hydrogens (tertiary/aromatic N) is 1. The van der Waals surface area contributed by atoms with Crippen LogP contribution in [-0.4, -0.2) is 7.11 Å². The molecule has 0 aliphatic heterocycles. The summed E-state index contributed by atoms with van der Waals surface area (Å²) in [5.74, 6) is 1.28. The van der Waals surface area contributed by atoms with Crippen LogP contribution in [0, 0.1) is 11.3 Å². The van der Waals surface area contributed by atoms with Crippen LogP contribution in [0.5, 0.6) is 11.5 Å². The van der Waals surface area contributed by atoms with Gasteiger partial charge in [-0.25, -0.2) is 0 Å². The highest BCUT2D eigenvalue weighted by Crippen LogP contribution is 2.30. The number of hydrogen-bond donors (Lipinski definition) is 0. The van der Waals surface area contributed by atoms with Gasteiger partial charge in [0.05, 0.1) is 18.8 Å². The molecule has 140 valence electrons. The van der Waals surface area contributed by atoms with Crippen molar-refractivity contribution in [3.05, 3.63) is 92.4 Å². The third kappa shape index (κ3) is 5.25. The smallest absolute Gasteiger partial charge is 0.161 e. The van der Waals surface area contributed by atoms with Gasteiger partial charge in [-0.2, -0.15) is 5.26 Å². The quantitative estimate of drug-likeness (QED) is 0.275. The number of nitriles is 1. The molecule has 3 aromatic carbocycles. The van der Waals surface area contributed by atoms with Crippen molar-refractivity contribution < 1.29 is 9.47 Å². The van der Waals surface area contributed by atoms with Gasteiger partial charge in [0, 0.05) is 8.95 Å². The van der Waals surface area contributed by atoms with E-state index in [0.717, 1.165) is 25.6 Å². The molecule has 0 aromatic heterocycles. The van der Waals surface area contributed by atoms with Gasteiger partial charge in [-0.15, -0.1) is 0 Å². The maximum Gasteiger partial charge on any atom is 0.161 e. The molecule has 3 rings (SSSR count). The number of rotatable bonds is 6. The zero-order valence-corrected chi connectivity index (χ0v) is 18.3. The topological polar surface area (TPSA) is 42.2 Å². The van der Waals surface area contributed by atoms with Gasteiger partial charge in [-0.3, -0.25) is 0 Å². The first kappa shape index (κ1) is 20.2. The van der Waals surface area contributed by atoms with Crippen LogP contribution in [0.2, 0.25) is 0 Å². The summed E-state index contributed by atoms with van der Waals surface area (Å²) in [6.45, 7) is 0.446. The van der Waals surface area contributed by atoms with E-state index in [0.29, 0.717) is 23.7 Å². The zero-order valence-electron chi connectivity index (χ0n) is 15.2. The normalized spacial score (nSPS) is 11.0. The van der Waals surface area contributed by atoms with E-state index in [4.69, 9.17) is 9.47 Å². The van der Waals surface area contributed by atoms with Crippen molar-refractivity contribution in [1.82, 2.24) is 0 Å². The van der Waals surface area contributed by atoms with Gasteiger partial charge in [0.1, 0.15) is 6.61 Å². The van der Waals surface area contributed by atoms with E-state index < -0.39 is 0 Å². The molecule has 0 aliphatic rings. The number of benzene rings is 3. The molecular weight excluding hydrogens is 482 g/mol. The molecule has 0 saturated heterocycles. The average Bonchev–Trinajstić information content (AvgIpc) is 2.72. The Kier molecular flexibility index (Phi) is 6.91. The van der Waals surface area contributed by atoms with Crippen molar-refractivity contribution in [2.45, 2.75) is 6.61 Å². The summed E-state index contributed by atoms with van der Waals surface area (Å²) in [5, 5.41) is 9.53. The molecular formula is C23H17Br2NO2. The lowest BCUT2D eigenvalue weighted by molar-refractivity contribution is 0.284. The lowest BCUT2D eigenvalue weighted by Gasteiger charge is -2.12. The van der Waals surface area contributed by atoms with Gasteiger partial charge in [0.25, 0.3) is 0 Å². The van der Waals surface area contributed by atoms with Gasteiger partial charge in [0.15, 0.2) is 11.5 Å². The van der Waals surface area contributed by atoms with Gasteiger partial charge in [-0.05, 0) is 59.2 Å². The van der Waals surface area contributed by atoms with E-state index in [-0.39, 0.29) is 0 Å². The Morgan fingerprint density at radius 1 is 0.929 bits per heavy atom. The molecule has 0 atom stereocenters. The zero-order chi connectivity index (χ0) is 19.9. The summed E-state index contributed by atoms with van der Waals surface area (Å²) in [7, 11) is 1.61. The molecule has 0 heterocycles. The van der Waals surface area contributed by atoms with Gasteiger partial charge in [0.2, 0.25) is 0 Å². The van der Waals surface area contributed by atoms with Crippen molar-refractivity contribution >= 4 is 43.5 Å². The van der Waals surface area contributed by atoms with E-state index in [9.17, 15) is 5.26 Å². The molecule has 0 fully saturated rings. The maximum absolute atomic E-state index is 9.53. The van der Waals surface area contributed by atoms with Crippen LogP contribution in [-0.2, 0) is 6.61 Å². The number of ether oxygens (including phenoxy) is 2. The predicted molar refractivity (Wildman–Crippen MR) is 119 cm³/mol. The van der Waals surface area contributed by atoms with Crippen LogP contribution >= 0.6 is 31.9 Å². The highest BCUT2D eigenvalue weighted by molar-refractivity contribution is 9.10. The largest absolute Gasteiger partial charge is 0.493 e. The van der Waals surface area contributed by atoms with E-state index in [2.05, 4.69) is 37.9 Å². The Hall–Kier alpha value is -2.55. The van der Waals surface area contributed by atoms with Gasteiger partial charge < -0.3 is 9.47 Å². The molecule has 3 nitrogen and oxygen atoms in total. The Morgan fingerprint density at radius 3 is 2.18 bits per heavy atom. The molecule has 28 heavy (non-hydrogen) atoms. The second kappa shape index (κ2) is 9.59. The van der Waals surface area contributed by atoms with Gasteiger partial charge in [-0.1, -0.05) is 62.2 Å². The van der Waals surface area contributed by atoms with Crippen molar-refractivity contribution in [1.29, 1.82) is 5.26 Å². The summed E-state index contributed by atoms with van der Waals surface area (Å²) in [6.07, 6.45) is 1.84. The number of halogens is 2. The average molecular weight is 499 g/mol. The fourth-order valence-corrected chi connectivity index (χ4v) is 3.14. The first-order valence-electron chi connectivity index (χ1n) is 8.52. The summed E-state index contributed by atoms with van der Waals surface area (Å²) in [6, 6.07) is 23.5. The SMILES string of the molecule is COc1cc(/C=C(/C#N)c2ccc(Br)cc2)ccc1OCc1ccc(Br)cc1. The van der Waals surface area contributed by atoms with Crippen LogP contribution in [0.15, 0.2) is 75.7 Å². The number of methoxy groups -OCH3 is 1. The Morgan fingerprint density at radius 2 is 1.57 bits per heavy atom. The van der Waals surface area contributed by atoms with E-state index in [1.807, 2.05) is 72.8 Å². The first-order valence-corrected chi connectivity index (χ1v) is 10.1. The molecule has 0 bridgehead atoms. The van der Waals surface area contributed by atoms with Crippen LogP contribution < -0.4 is 9.47 Å². The highest BCUT2D eigenvalue weighted by Gasteiger charge is 2.07. The fraction of sp³-hybridized carbons (Fsp3) is 0.0870. The van der Waals surface area contributed by atoms with Crippen molar-refractivity contribution in [2.24, 2.45) is 0 Å². The molecule has 0 radical (unpaired) electrons. The Labute approximate surface area is 181 Å². The molecule has 0 spiro atoms. The molecule has 0 N–H and O–H groups in total. The monoisotopic (exact) mass is 497 g/mol. The molecule has 0 amide bonds. The minimum Gasteiger partial charge on any atom is -0.493 e. The third-order valence-corrected chi connectivity index (χ3v) is 5.14. The van der Waals surface area contributed by atoms with E-state index in [1.54, 1.807) is 7.11 Å². The summed E-state index contributed by atoms with van der Waals surface area (Å²) in [4.78, 5) is 0. The van der Waals surface area contributed by atoms with Crippen molar-refractivity contribution in [2.75, 3.05) is 7.11 Å². The number of hydrogen-bond acceptors (Lipinski definition) is 3.